The molecule has 2 rings (SSSR count). The van der Waals surface area contributed by atoms with Crippen molar-refractivity contribution in [3.8, 4) is 0 Å². The molecule has 1 aliphatic rings. The molecular weight excluding hydrogens is 228 g/mol. The summed E-state index contributed by atoms with van der Waals surface area (Å²) in [5.41, 5.74) is 7.57. The second-order valence-corrected chi connectivity index (χ2v) is 5.04. The van der Waals surface area contributed by atoms with Crippen LogP contribution in [0.2, 0.25) is 0 Å². The Morgan fingerprint density at radius 2 is 2.28 bits per heavy atom. The van der Waals surface area contributed by atoms with E-state index in [1.54, 1.807) is 10.9 Å². The predicted molar refractivity (Wildman–Crippen MR) is 70.3 cm³/mol. The lowest BCUT2D eigenvalue weighted by Crippen LogP contribution is -2.49. The summed E-state index contributed by atoms with van der Waals surface area (Å²) in [5.74, 6) is -0.0395. The van der Waals surface area contributed by atoms with Gasteiger partial charge in [0.1, 0.15) is 0 Å². The molecule has 1 heterocycles. The van der Waals surface area contributed by atoms with Gasteiger partial charge in [-0.05, 0) is 19.3 Å². The van der Waals surface area contributed by atoms with Gasteiger partial charge < -0.3 is 11.1 Å². The molecule has 1 aromatic rings. The maximum absolute atomic E-state index is 12.2. The van der Waals surface area contributed by atoms with Crippen LogP contribution in [-0.4, -0.2) is 27.8 Å². The van der Waals surface area contributed by atoms with Gasteiger partial charge in [-0.1, -0.05) is 19.8 Å². The highest BCUT2D eigenvalue weighted by atomic mass is 16.1. The SMILES string of the molecule is CCc1nn(C)cc1C(=O)NC1CCCCC1N. The number of aromatic nitrogens is 2. The van der Waals surface area contributed by atoms with Crippen LogP contribution in [0.4, 0.5) is 0 Å². The van der Waals surface area contributed by atoms with Crippen molar-refractivity contribution in [2.45, 2.75) is 51.1 Å². The lowest BCUT2D eigenvalue weighted by atomic mass is 9.91. The molecule has 1 amide bonds. The van der Waals surface area contributed by atoms with Crippen molar-refractivity contribution in [2.24, 2.45) is 12.8 Å². The number of amides is 1. The summed E-state index contributed by atoms with van der Waals surface area (Å²) in [6.07, 6.45) is 6.84. The molecule has 2 atom stereocenters. The lowest BCUT2D eigenvalue weighted by Gasteiger charge is -2.29. The first-order chi connectivity index (χ1) is 8.61. The van der Waals surface area contributed by atoms with Gasteiger partial charge in [0.2, 0.25) is 0 Å². The standard InChI is InChI=1S/C13H22N4O/c1-3-11-9(8-17(2)16-11)13(18)15-12-7-5-4-6-10(12)14/h8,10,12H,3-7,14H2,1-2H3,(H,15,18). The summed E-state index contributed by atoms with van der Waals surface area (Å²) in [6.45, 7) is 2.01. The van der Waals surface area contributed by atoms with E-state index >= 15 is 0 Å². The van der Waals surface area contributed by atoms with Crippen molar-refractivity contribution in [1.82, 2.24) is 15.1 Å². The van der Waals surface area contributed by atoms with Gasteiger partial charge in [0.25, 0.3) is 5.91 Å². The Morgan fingerprint density at radius 3 is 2.94 bits per heavy atom. The van der Waals surface area contributed by atoms with Crippen LogP contribution < -0.4 is 11.1 Å². The zero-order chi connectivity index (χ0) is 13.1. The molecule has 0 aromatic carbocycles. The number of hydrogen-bond donors (Lipinski definition) is 2. The van der Waals surface area contributed by atoms with Crippen LogP contribution in [0.1, 0.15) is 48.7 Å². The van der Waals surface area contributed by atoms with Crippen LogP contribution in [0.25, 0.3) is 0 Å². The van der Waals surface area contributed by atoms with Crippen molar-refractivity contribution >= 4 is 5.91 Å². The van der Waals surface area contributed by atoms with Gasteiger partial charge in [0.05, 0.1) is 11.3 Å². The minimum atomic E-state index is -0.0395. The largest absolute Gasteiger partial charge is 0.348 e. The molecule has 5 nitrogen and oxygen atoms in total. The van der Waals surface area contributed by atoms with E-state index in [1.807, 2.05) is 14.0 Å². The number of hydrogen-bond acceptors (Lipinski definition) is 3. The summed E-state index contributed by atoms with van der Waals surface area (Å²) in [4.78, 5) is 12.2. The zero-order valence-corrected chi connectivity index (χ0v) is 11.1. The van der Waals surface area contributed by atoms with Gasteiger partial charge in [-0.15, -0.1) is 0 Å². The zero-order valence-electron chi connectivity index (χ0n) is 11.1. The lowest BCUT2D eigenvalue weighted by molar-refractivity contribution is 0.0920. The third-order valence-electron chi connectivity index (χ3n) is 3.62. The molecule has 0 aliphatic heterocycles. The Hall–Kier alpha value is -1.36. The maximum Gasteiger partial charge on any atom is 0.255 e. The normalized spacial score (nSPS) is 23.9. The summed E-state index contributed by atoms with van der Waals surface area (Å²) < 4.78 is 1.69. The van der Waals surface area contributed by atoms with Crippen molar-refractivity contribution in [1.29, 1.82) is 0 Å². The van der Waals surface area contributed by atoms with E-state index in [1.165, 1.54) is 6.42 Å². The first kappa shape index (κ1) is 13.1. The summed E-state index contributed by atoms with van der Waals surface area (Å²) in [7, 11) is 1.84. The first-order valence-electron chi connectivity index (χ1n) is 6.70. The van der Waals surface area contributed by atoms with Crippen molar-refractivity contribution in [2.75, 3.05) is 0 Å². The molecule has 0 bridgehead atoms. The first-order valence-corrected chi connectivity index (χ1v) is 6.70. The number of rotatable bonds is 3. The van der Waals surface area contributed by atoms with Gasteiger partial charge in [0, 0.05) is 25.3 Å². The highest BCUT2D eigenvalue weighted by Gasteiger charge is 2.25. The fourth-order valence-corrected chi connectivity index (χ4v) is 2.57. The van der Waals surface area contributed by atoms with Gasteiger partial charge in [0.15, 0.2) is 0 Å². The Kier molecular flexibility index (Phi) is 4.01. The maximum atomic E-state index is 12.2. The summed E-state index contributed by atoms with van der Waals surface area (Å²) in [5, 5.41) is 7.34. The van der Waals surface area contributed by atoms with Crippen molar-refractivity contribution in [3.63, 3.8) is 0 Å². The van der Waals surface area contributed by atoms with Crippen LogP contribution >= 0.6 is 0 Å². The minimum absolute atomic E-state index is 0.0395. The molecule has 1 aromatic heterocycles. The Bertz CT molecular complexity index is 427. The number of carbonyl (C=O) groups excluding carboxylic acids is 1. The summed E-state index contributed by atoms with van der Waals surface area (Å²) >= 11 is 0. The average molecular weight is 250 g/mol. The van der Waals surface area contributed by atoms with E-state index in [4.69, 9.17) is 5.73 Å². The molecule has 0 saturated heterocycles. The fraction of sp³-hybridized carbons (Fsp3) is 0.692. The Morgan fingerprint density at radius 1 is 1.56 bits per heavy atom. The van der Waals surface area contributed by atoms with E-state index < -0.39 is 0 Å². The predicted octanol–water partition coefficient (Wildman–Crippen LogP) is 0.982. The van der Waals surface area contributed by atoms with E-state index in [0.29, 0.717) is 5.56 Å². The van der Waals surface area contributed by atoms with Gasteiger partial charge >= 0.3 is 0 Å². The third kappa shape index (κ3) is 2.72. The monoisotopic (exact) mass is 250 g/mol. The summed E-state index contributed by atoms with van der Waals surface area (Å²) in [6, 6.07) is 0.195. The molecule has 1 fully saturated rings. The Labute approximate surface area is 108 Å². The van der Waals surface area contributed by atoms with Crippen molar-refractivity contribution < 1.29 is 4.79 Å². The van der Waals surface area contributed by atoms with Crippen LogP contribution in [0.3, 0.4) is 0 Å². The fourth-order valence-electron chi connectivity index (χ4n) is 2.57. The topological polar surface area (TPSA) is 72.9 Å². The molecular formula is C13H22N4O. The quantitative estimate of drug-likeness (QED) is 0.840. The average Bonchev–Trinajstić information content (AvgIpc) is 2.73. The van der Waals surface area contributed by atoms with E-state index in [2.05, 4.69) is 10.4 Å². The van der Waals surface area contributed by atoms with Crippen LogP contribution in [0.5, 0.6) is 0 Å². The molecule has 1 saturated carbocycles. The Balaban J connectivity index is 2.06. The molecule has 0 radical (unpaired) electrons. The molecule has 5 heteroatoms. The smallest absolute Gasteiger partial charge is 0.255 e. The number of nitrogens with two attached hydrogens (primary N) is 1. The van der Waals surface area contributed by atoms with Gasteiger partial charge in [-0.2, -0.15) is 5.10 Å². The molecule has 18 heavy (non-hydrogen) atoms. The third-order valence-corrected chi connectivity index (χ3v) is 3.62. The number of aryl methyl sites for hydroxylation is 2. The molecule has 2 unspecified atom stereocenters. The van der Waals surface area contributed by atoms with E-state index in [9.17, 15) is 4.79 Å². The number of carbonyl (C=O) groups is 1. The highest BCUT2D eigenvalue weighted by molar-refractivity contribution is 5.95. The van der Waals surface area contributed by atoms with Crippen LogP contribution in [0, 0.1) is 0 Å². The highest BCUT2D eigenvalue weighted by Crippen LogP contribution is 2.17. The van der Waals surface area contributed by atoms with E-state index in [-0.39, 0.29) is 18.0 Å². The molecule has 3 N–H and O–H groups in total. The number of nitrogens with one attached hydrogen (secondary N) is 1. The molecule has 0 spiro atoms. The molecule has 1 aliphatic carbocycles. The van der Waals surface area contributed by atoms with Gasteiger partial charge in [-0.3, -0.25) is 9.48 Å². The van der Waals surface area contributed by atoms with E-state index in [0.717, 1.165) is 31.4 Å². The molecule has 100 valence electrons. The number of nitrogens with zero attached hydrogens (tertiary/aromatic N) is 2. The second kappa shape index (κ2) is 5.52. The minimum Gasteiger partial charge on any atom is -0.348 e. The van der Waals surface area contributed by atoms with Crippen molar-refractivity contribution in [3.05, 3.63) is 17.5 Å². The van der Waals surface area contributed by atoms with Crippen LogP contribution in [0.15, 0.2) is 6.20 Å². The second-order valence-electron chi connectivity index (χ2n) is 5.04. The van der Waals surface area contributed by atoms with Gasteiger partial charge in [-0.25, -0.2) is 0 Å². The van der Waals surface area contributed by atoms with Crippen LogP contribution in [-0.2, 0) is 13.5 Å².